The number of methoxy groups -OCH3 is 1. The maximum Gasteiger partial charge on any atom is 0.335 e. The molecule has 0 amide bonds. The number of nitrogens with zero attached hydrogens (tertiary/aromatic N) is 1. The molecule has 0 heterocycles. The van der Waals surface area contributed by atoms with Crippen LogP contribution in [-0.4, -0.2) is 24.7 Å². The SMILES string of the molecule is COC(=O)[C@]1(N=C=O)CCCC[C@H]1c1ccccc1. The molecule has 0 aliphatic heterocycles. The molecule has 1 aliphatic rings. The Balaban J connectivity index is 2.48. The molecule has 4 heteroatoms. The molecular weight excluding hydrogens is 242 g/mol. The number of carbonyl (C=O) groups excluding carboxylic acids is 2. The Kier molecular flexibility index (Phi) is 4.13. The lowest BCUT2D eigenvalue weighted by Crippen LogP contribution is -2.45. The van der Waals surface area contributed by atoms with Gasteiger partial charge in [-0.15, -0.1) is 0 Å². The van der Waals surface area contributed by atoms with Gasteiger partial charge < -0.3 is 4.74 Å². The van der Waals surface area contributed by atoms with E-state index in [-0.39, 0.29) is 5.92 Å². The van der Waals surface area contributed by atoms with Gasteiger partial charge in [0.15, 0.2) is 5.54 Å². The van der Waals surface area contributed by atoms with Crippen molar-refractivity contribution in [3.63, 3.8) is 0 Å². The number of isocyanates is 1. The van der Waals surface area contributed by atoms with Crippen LogP contribution in [0.5, 0.6) is 0 Å². The van der Waals surface area contributed by atoms with Crippen LogP contribution in [-0.2, 0) is 14.3 Å². The van der Waals surface area contributed by atoms with Crippen LogP contribution in [0.4, 0.5) is 0 Å². The summed E-state index contributed by atoms with van der Waals surface area (Å²) in [6, 6.07) is 9.71. The zero-order valence-electron chi connectivity index (χ0n) is 11.0. The first-order chi connectivity index (χ1) is 9.24. The molecule has 0 radical (unpaired) electrons. The number of benzene rings is 1. The number of ether oxygens (including phenoxy) is 1. The lowest BCUT2D eigenvalue weighted by atomic mass is 9.70. The number of aliphatic imine (C=N–C) groups is 1. The molecule has 1 fully saturated rings. The van der Waals surface area contributed by atoms with Gasteiger partial charge in [-0.05, 0) is 18.4 Å². The van der Waals surface area contributed by atoms with Gasteiger partial charge in [0, 0.05) is 5.92 Å². The Morgan fingerprint density at radius 1 is 1.37 bits per heavy atom. The minimum atomic E-state index is -1.10. The predicted octanol–water partition coefficient (Wildman–Crippen LogP) is 2.59. The summed E-state index contributed by atoms with van der Waals surface area (Å²) in [6.45, 7) is 0. The third-order valence-electron chi connectivity index (χ3n) is 3.86. The third kappa shape index (κ3) is 2.45. The summed E-state index contributed by atoms with van der Waals surface area (Å²) >= 11 is 0. The Morgan fingerprint density at radius 3 is 2.74 bits per heavy atom. The van der Waals surface area contributed by atoms with E-state index in [9.17, 15) is 9.59 Å². The molecule has 0 spiro atoms. The number of carbonyl (C=O) groups is 1. The highest BCUT2D eigenvalue weighted by Crippen LogP contribution is 2.44. The van der Waals surface area contributed by atoms with Gasteiger partial charge in [-0.1, -0.05) is 43.2 Å². The Hall–Kier alpha value is -1.93. The topological polar surface area (TPSA) is 55.7 Å². The van der Waals surface area contributed by atoms with Gasteiger partial charge in [-0.2, -0.15) is 4.99 Å². The fourth-order valence-corrected chi connectivity index (χ4v) is 2.97. The van der Waals surface area contributed by atoms with E-state index >= 15 is 0 Å². The van der Waals surface area contributed by atoms with E-state index in [4.69, 9.17) is 4.74 Å². The molecule has 100 valence electrons. The lowest BCUT2D eigenvalue weighted by molar-refractivity contribution is -0.149. The molecule has 0 unspecified atom stereocenters. The third-order valence-corrected chi connectivity index (χ3v) is 3.86. The maximum atomic E-state index is 12.2. The number of rotatable bonds is 3. The smallest absolute Gasteiger partial charge is 0.335 e. The van der Waals surface area contributed by atoms with Crippen molar-refractivity contribution in [2.45, 2.75) is 37.1 Å². The molecule has 0 bridgehead atoms. The van der Waals surface area contributed by atoms with E-state index in [1.807, 2.05) is 30.3 Å². The molecule has 1 saturated carbocycles. The van der Waals surface area contributed by atoms with Crippen molar-refractivity contribution >= 4 is 12.0 Å². The van der Waals surface area contributed by atoms with Gasteiger partial charge in [-0.25, -0.2) is 9.59 Å². The molecule has 1 aromatic rings. The van der Waals surface area contributed by atoms with E-state index in [2.05, 4.69) is 4.99 Å². The summed E-state index contributed by atoms with van der Waals surface area (Å²) in [5.74, 6) is -0.555. The van der Waals surface area contributed by atoms with Crippen LogP contribution < -0.4 is 0 Å². The maximum absolute atomic E-state index is 12.2. The highest BCUT2D eigenvalue weighted by molar-refractivity contribution is 5.83. The summed E-state index contributed by atoms with van der Waals surface area (Å²) in [5, 5.41) is 0. The fraction of sp³-hybridized carbons (Fsp3) is 0.467. The molecule has 1 aliphatic carbocycles. The molecule has 1 aromatic carbocycles. The predicted molar refractivity (Wildman–Crippen MR) is 70.5 cm³/mol. The number of esters is 1. The van der Waals surface area contributed by atoms with Crippen molar-refractivity contribution in [1.82, 2.24) is 0 Å². The minimum absolute atomic E-state index is 0.114. The second-order valence-electron chi connectivity index (χ2n) is 4.83. The summed E-state index contributed by atoms with van der Waals surface area (Å²) < 4.78 is 4.89. The van der Waals surface area contributed by atoms with Crippen LogP contribution in [0.25, 0.3) is 0 Å². The quantitative estimate of drug-likeness (QED) is 0.476. The van der Waals surface area contributed by atoms with Crippen molar-refractivity contribution in [3.8, 4) is 0 Å². The van der Waals surface area contributed by atoms with Gasteiger partial charge in [0.25, 0.3) is 0 Å². The molecule has 19 heavy (non-hydrogen) atoms. The van der Waals surface area contributed by atoms with Crippen LogP contribution in [0, 0.1) is 0 Å². The Morgan fingerprint density at radius 2 is 2.11 bits per heavy atom. The van der Waals surface area contributed by atoms with Crippen LogP contribution >= 0.6 is 0 Å². The summed E-state index contributed by atoms with van der Waals surface area (Å²) in [5.41, 5.74) is -0.0811. The largest absolute Gasteiger partial charge is 0.467 e. The summed E-state index contributed by atoms with van der Waals surface area (Å²) in [7, 11) is 1.33. The standard InChI is InChI=1S/C15H17NO3/c1-19-14(18)15(16-11-17)10-6-5-9-13(15)12-7-3-2-4-8-12/h2-4,7-8,13H,5-6,9-10H2,1H3/t13-,15-/m0/s1. The highest BCUT2D eigenvalue weighted by atomic mass is 16.5. The highest BCUT2D eigenvalue weighted by Gasteiger charge is 2.49. The zero-order chi connectivity index (χ0) is 13.7. The van der Waals surface area contributed by atoms with Crippen LogP contribution in [0.3, 0.4) is 0 Å². The molecule has 2 atom stereocenters. The van der Waals surface area contributed by atoms with Crippen LogP contribution in [0.15, 0.2) is 35.3 Å². The Bertz CT molecular complexity index is 493. The second kappa shape index (κ2) is 5.81. The lowest BCUT2D eigenvalue weighted by Gasteiger charge is -2.37. The average molecular weight is 259 g/mol. The van der Waals surface area contributed by atoms with E-state index in [1.165, 1.54) is 7.11 Å². The number of hydrogen-bond donors (Lipinski definition) is 0. The average Bonchev–Trinajstić information content (AvgIpc) is 2.48. The Labute approximate surface area is 112 Å². The molecule has 2 rings (SSSR count). The van der Waals surface area contributed by atoms with E-state index in [0.717, 1.165) is 24.8 Å². The first kappa shape index (κ1) is 13.5. The molecule has 0 aromatic heterocycles. The first-order valence-electron chi connectivity index (χ1n) is 6.47. The molecule has 0 saturated heterocycles. The van der Waals surface area contributed by atoms with Crippen molar-refractivity contribution in [3.05, 3.63) is 35.9 Å². The van der Waals surface area contributed by atoms with E-state index in [0.29, 0.717) is 6.42 Å². The van der Waals surface area contributed by atoms with Crippen LogP contribution in [0.2, 0.25) is 0 Å². The number of hydrogen-bond acceptors (Lipinski definition) is 4. The molecule has 4 nitrogen and oxygen atoms in total. The first-order valence-corrected chi connectivity index (χ1v) is 6.47. The summed E-state index contributed by atoms with van der Waals surface area (Å²) in [6.07, 6.45) is 4.81. The van der Waals surface area contributed by atoms with Crippen molar-refractivity contribution in [2.75, 3.05) is 7.11 Å². The van der Waals surface area contributed by atoms with Crippen molar-refractivity contribution in [1.29, 1.82) is 0 Å². The minimum Gasteiger partial charge on any atom is -0.467 e. The monoisotopic (exact) mass is 259 g/mol. The van der Waals surface area contributed by atoms with Gasteiger partial charge in [-0.3, -0.25) is 0 Å². The summed E-state index contributed by atoms with van der Waals surface area (Å²) in [4.78, 5) is 26.8. The van der Waals surface area contributed by atoms with Gasteiger partial charge in [0.05, 0.1) is 7.11 Å². The zero-order valence-corrected chi connectivity index (χ0v) is 11.0. The van der Waals surface area contributed by atoms with E-state index < -0.39 is 11.5 Å². The van der Waals surface area contributed by atoms with Gasteiger partial charge in [0.2, 0.25) is 6.08 Å². The van der Waals surface area contributed by atoms with E-state index in [1.54, 1.807) is 6.08 Å². The normalized spacial score (nSPS) is 26.3. The van der Waals surface area contributed by atoms with Crippen molar-refractivity contribution < 1.29 is 14.3 Å². The van der Waals surface area contributed by atoms with Gasteiger partial charge in [0.1, 0.15) is 0 Å². The van der Waals surface area contributed by atoms with Crippen molar-refractivity contribution in [2.24, 2.45) is 4.99 Å². The van der Waals surface area contributed by atoms with Gasteiger partial charge >= 0.3 is 5.97 Å². The molecule has 0 N–H and O–H groups in total. The fourth-order valence-electron chi connectivity index (χ4n) is 2.97. The molecular formula is C15H17NO3. The van der Waals surface area contributed by atoms with Crippen LogP contribution in [0.1, 0.15) is 37.2 Å². The second-order valence-corrected chi connectivity index (χ2v) is 4.83.